The van der Waals surface area contributed by atoms with Gasteiger partial charge in [-0.05, 0) is 22.2 Å². The van der Waals surface area contributed by atoms with Crippen LogP contribution < -0.4 is 0 Å². The number of rotatable bonds is 0. The maximum absolute atomic E-state index is 6.24. The Hall–Kier alpha value is -1.53. The van der Waals surface area contributed by atoms with Gasteiger partial charge in [0, 0.05) is 10.4 Å². The lowest BCUT2D eigenvalue weighted by molar-refractivity contribution is 1.76. The van der Waals surface area contributed by atoms with E-state index in [0.717, 1.165) is 10.4 Å². The van der Waals surface area contributed by atoms with Gasteiger partial charge in [-0.15, -0.1) is 0 Å². The standard InChI is InChI=1S/C14H9Cl/c15-13-7-3-5-11-9-8-10-4-1-2-6-12(10)14(11)13/h1-9H. The lowest BCUT2D eigenvalue weighted by Gasteiger charge is -2.04. The fourth-order valence-electron chi connectivity index (χ4n) is 2.01. The molecule has 0 aliphatic carbocycles. The van der Waals surface area contributed by atoms with Gasteiger partial charge in [0.2, 0.25) is 0 Å². The number of hydrogen-bond acceptors (Lipinski definition) is 0. The molecule has 0 radical (unpaired) electrons. The molecule has 0 atom stereocenters. The SMILES string of the molecule is Clc1cccc2ccc3ccccc3c12. The van der Waals surface area contributed by atoms with Gasteiger partial charge in [-0.25, -0.2) is 0 Å². The van der Waals surface area contributed by atoms with Crippen molar-refractivity contribution in [1.29, 1.82) is 0 Å². The molecule has 0 saturated heterocycles. The van der Waals surface area contributed by atoms with Crippen LogP contribution in [0.3, 0.4) is 0 Å². The highest BCUT2D eigenvalue weighted by atomic mass is 35.5. The normalized spacial score (nSPS) is 11.0. The van der Waals surface area contributed by atoms with Crippen molar-refractivity contribution in [2.75, 3.05) is 0 Å². The van der Waals surface area contributed by atoms with Gasteiger partial charge in [0.15, 0.2) is 0 Å². The van der Waals surface area contributed by atoms with Gasteiger partial charge in [-0.3, -0.25) is 0 Å². The topological polar surface area (TPSA) is 0 Å². The van der Waals surface area contributed by atoms with E-state index in [0.29, 0.717) is 0 Å². The van der Waals surface area contributed by atoms with Gasteiger partial charge < -0.3 is 0 Å². The Bertz CT molecular complexity index is 641. The molecule has 0 aromatic heterocycles. The highest BCUT2D eigenvalue weighted by molar-refractivity contribution is 6.37. The molecule has 0 amide bonds. The Kier molecular flexibility index (Phi) is 1.90. The van der Waals surface area contributed by atoms with Crippen LogP contribution in [0.2, 0.25) is 5.02 Å². The molecule has 1 heteroatoms. The molecule has 0 nitrogen and oxygen atoms in total. The average molecular weight is 213 g/mol. The first-order valence-electron chi connectivity index (χ1n) is 4.92. The molecule has 15 heavy (non-hydrogen) atoms. The van der Waals surface area contributed by atoms with Crippen molar-refractivity contribution in [1.82, 2.24) is 0 Å². The second kappa shape index (κ2) is 3.25. The fraction of sp³-hybridized carbons (Fsp3) is 0. The monoisotopic (exact) mass is 212 g/mol. The van der Waals surface area contributed by atoms with Gasteiger partial charge in [0.05, 0.1) is 0 Å². The third-order valence-electron chi connectivity index (χ3n) is 2.72. The van der Waals surface area contributed by atoms with E-state index in [1.54, 1.807) is 0 Å². The summed E-state index contributed by atoms with van der Waals surface area (Å²) < 4.78 is 0. The summed E-state index contributed by atoms with van der Waals surface area (Å²) >= 11 is 6.24. The minimum atomic E-state index is 0.823. The van der Waals surface area contributed by atoms with Crippen LogP contribution in [-0.4, -0.2) is 0 Å². The van der Waals surface area contributed by atoms with Gasteiger partial charge in [0.25, 0.3) is 0 Å². The summed E-state index contributed by atoms with van der Waals surface area (Å²) in [5, 5.41) is 5.63. The van der Waals surface area contributed by atoms with Crippen LogP contribution >= 0.6 is 11.6 Å². The highest BCUT2D eigenvalue weighted by Gasteiger charge is 2.02. The van der Waals surface area contributed by atoms with Crippen LogP contribution in [0.4, 0.5) is 0 Å². The van der Waals surface area contributed by atoms with Crippen LogP contribution in [0.25, 0.3) is 21.5 Å². The molecule has 72 valence electrons. The molecule has 3 aromatic carbocycles. The van der Waals surface area contributed by atoms with E-state index in [1.807, 2.05) is 24.3 Å². The van der Waals surface area contributed by atoms with Crippen molar-refractivity contribution >= 4 is 33.1 Å². The van der Waals surface area contributed by atoms with Crippen molar-refractivity contribution in [3.8, 4) is 0 Å². The van der Waals surface area contributed by atoms with E-state index in [-0.39, 0.29) is 0 Å². The molecule has 0 aliphatic heterocycles. The van der Waals surface area contributed by atoms with Gasteiger partial charge >= 0.3 is 0 Å². The predicted molar refractivity (Wildman–Crippen MR) is 66.5 cm³/mol. The molecule has 3 aromatic rings. The Balaban J connectivity index is 2.64. The Morgan fingerprint density at radius 1 is 0.667 bits per heavy atom. The van der Waals surface area contributed by atoms with Crippen molar-refractivity contribution in [3.63, 3.8) is 0 Å². The summed E-state index contributed by atoms with van der Waals surface area (Å²) in [6.45, 7) is 0. The van der Waals surface area contributed by atoms with Crippen LogP contribution in [0.1, 0.15) is 0 Å². The zero-order chi connectivity index (χ0) is 10.3. The molecule has 0 saturated carbocycles. The maximum atomic E-state index is 6.24. The largest absolute Gasteiger partial charge is 0.0836 e. The Morgan fingerprint density at radius 3 is 2.33 bits per heavy atom. The van der Waals surface area contributed by atoms with Gasteiger partial charge in [-0.1, -0.05) is 60.1 Å². The molecule has 0 heterocycles. The second-order valence-electron chi connectivity index (χ2n) is 3.62. The molecule has 0 unspecified atom stereocenters. The smallest absolute Gasteiger partial charge is 0.0490 e. The van der Waals surface area contributed by atoms with Gasteiger partial charge in [-0.2, -0.15) is 0 Å². The summed E-state index contributed by atoms with van der Waals surface area (Å²) in [7, 11) is 0. The molecule has 0 N–H and O–H groups in total. The fourth-order valence-corrected chi connectivity index (χ4v) is 2.30. The third-order valence-corrected chi connectivity index (χ3v) is 3.03. The summed E-state index contributed by atoms with van der Waals surface area (Å²) in [5.41, 5.74) is 0. The van der Waals surface area contributed by atoms with Crippen LogP contribution in [0.5, 0.6) is 0 Å². The number of fused-ring (bicyclic) bond motifs is 3. The second-order valence-corrected chi connectivity index (χ2v) is 4.03. The van der Waals surface area contributed by atoms with Crippen molar-refractivity contribution in [3.05, 3.63) is 59.6 Å². The quantitative estimate of drug-likeness (QED) is 0.476. The van der Waals surface area contributed by atoms with E-state index in [9.17, 15) is 0 Å². The first kappa shape index (κ1) is 8.75. The Labute approximate surface area is 93.1 Å². The average Bonchev–Trinajstić information content (AvgIpc) is 2.29. The molecule has 0 aliphatic rings. The summed E-state index contributed by atoms with van der Waals surface area (Å²) in [5.74, 6) is 0. The first-order chi connectivity index (χ1) is 7.36. The van der Waals surface area contributed by atoms with Crippen molar-refractivity contribution in [2.24, 2.45) is 0 Å². The molecule has 3 rings (SSSR count). The minimum absolute atomic E-state index is 0.823. The van der Waals surface area contributed by atoms with Crippen LogP contribution in [-0.2, 0) is 0 Å². The zero-order valence-electron chi connectivity index (χ0n) is 8.07. The molecule has 0 fully saturated rings. The number of hydrogen-bond donors (Lipinski definition) is 0. The summed E-state index contributed by atoms with van der Waals surface area (Å²) in [4.78, 5) is 0. The van der Waals surface area contributed by atoms with Crippen molar-refractivity contribution in [2.45, 2.75) is 0 Å². The van der Waals surface area contributed by atoms with E-state index >= 15 is 0 Å². The molecule has 0 bridgehead atoms. The number of benzene rings is 3. The lowest BCUT2D eigenvalue weighted by atomic mass is 10.0. The maximum Gasteiger partial charge on any atom is 0.0490 e. The lowest BCUT2D eigenvalue weighted by Crippen LogP contribution is -1.77. The summed E-state index contributed by atoms with van der Waals surface area (Å²) in [6.07, 6.45) is 0. The van der Waals surface area contributed by atoms with E-state index in [2.05, 4.69) is 30.3 Å². The zero-order valence-corrected chi connectivity index (χ0v) is 8.83. The number of halogens is 1. The summed E-state index contributed by atoms with van der Waals surface area (Å²) in [6, 6.07) is 18.6. The van der Waals surface area contributed by atoms with Gasteiger partial charge in [0.1, 0.15) is 0 Å². The van der Waals surface area contributed by atoms with E-state index in [4.69, 9.17) is 11.6 Å². The highest BCUT2D eigenvalue weighted by Crippen LogP contribution is 2.30. The third kappa shape index (κ3) is 1.30. The molecular formula is C14H9Cl. The van der Waals surface area contributed by atoms with Crippen LogP contribution in [0, 0.1) is 0 Å². The molecule has 0 spiro atoms. The van der Waals surface area contributed by atoms with Crippen LogP contribution in [0.15, 0.2) is 54.6 Å². The van der Waals surface area contributed by atoms with E-state index in [1.165, 1.54) is 16.2 Å². The molecular weight excluding hydrogens is 204 g/mol. The van der Waals surface area contributed by atoms with Crippen molar-refractivity contribution < 1.29 is 0 Å². The van der Waals surface area contributed by atoms with E-state index < -0.39 is 0 Å². The predicted octanol–water partition coefficient (Wildman–Crippen LogP) is 4.65. The Morgan fingerprint density at radius 2 is 1.40 bits per heavy atom. The first-order valence-corrected chi connectivity index (χ1v) is 5.30. The minimum Gasteiger partial charge on any atom is -0.0836 e.